The van der Waals surface area contributed by atoms with E-state index >= 15 is 0 Å². The number of thioether (sulfide) groups is 1. The van der Waals surface area contributed by atoms with Crippen LogP contribution in [0.5, 0.6) is 5.75 Å². The van der Waals surface area contributed by atoms with Crippen LogP contribution >= 0.6 is 23.4 Å². The molecule has 1 aromatic carbocycles. The molecule has 3 fully saturated rings. The first-order chi connectivity index (χ1) is 15.0. The Kier molecular flexibility index (Phi) is 8.11. The molecular weight excluding hydrogens is 428 g/mol. The molecule has 2 saturated heterocycles. The van der Waals surface area contributed by atoms with Gasteiger partial charge in [-0.15, -0.1) is 0 Å². The highest BCUT2D eigenvalue weighted by Crippen LogP contribution is 2.34. The van der Waals surface area contributed by atoms with Crippen LogP contribution in [0.4, 0.5) is 4.79 Å². The summed E-state index contributed by atoms with van der Waals surface area (Å²) in [6, 6.07) is 6.56. The van der Waals surface area contributed by atoms with Gasteiger partial charge in [-0.1, -0.05) is 42.6 Å². The Bertz CT molecular complexity index is 745. The Labute approximate surface area is 197 Å². The van der Waals surface area contributed by atoms with Crippen molar-refractivity contribution >= 4 is 28.6 Å². The molecule has 0 aromatic heterocycles. The lowest BCUT2D eigenvalue weighted by atomic mass is 9.90. The summed E-state index contributed by atoms with van der Waals surface area (Å²) in [5, 5.41) is 1.61. The third kappa shape index (κ3) is 6.33. The van der Waals surface area contributed by atoms with Crippen molar-refractivity contribution in [3.8, 4) is 5.75 Å². The highest BCUT2D eigenvalue weighted by Gasteiger charge is 2.36. The number of piperidine rings is 1. The number of halogens is 1. The average Bonchev–Trinajstić information content (AvgIpc) is 3.12. The second-order valence-corrected chi connectivity index (χ2v) is 11.5. The number of rotatable bonds is 7. The first-order valence-electron chi connectivity index (χ1n) is 12.1. The quantitative estimate of drug-likeness (QED) is 0.477. The van der Waals surface area contributed by atoms with E-state index in [1.54, 1.807) is 11.8 Å². The summed E-state index contributed by atoms with van der Waals surface area (Å²) in [5.74, 6) is 1.58. The first-order valence-corrected chi connectivity index (χ1v) is 13.4. The summed E-state index contributed by atoms with van der Waals surface area (Å²) in [7, 11) is 0. The zero-order chi connectivity index (χ0) is 21.8. The fourth-order valence-electron chi connectivity index (χ4n) is 5.35. The largest absolute Gasteiger partial charge is 0.491 e. The zero-order valence-electron chi connectivity index (χ0n) is 19.0. The molecule has 3 aliphatic rings. The number of hydrogen-bond donors (Lipinski definition) is 0. The van der Waals surface area contributed by atoms with Crippen molar-refractivity contribution in [1.82, 2.24) is 9.80 Å². The molecule has 0 N–H and O–H groups in total. The van der Waals surface area contributed by atoms with Crippen molar-refractivity contribution in [3.05, 3.63) is 28.8 Å². The van der Waals surface area contributed by atoms with Gasteiger partial charge >= 0.3 is 0 Å². The Morgan fingerprint density at radius 1 is 1.13 bits per heavy atom. The Morgan fingerprint density at radius 3 is 2.58 bits per heavy atom. The minimum atomic E-state index is 0.173. The van der Waals surface area contributed by atoms with Gasteiger partial charge in [-0.25, -0.2) is 0 Å². The van der Waals surface area contributed by atoms with Gasteiger partial charge in [-0.3, -0.25) is 4.79 Å². The van der Waals surface area contributed by atoms with E-state index in [9.17, 15) is 4.79 Å². The third-order valence-electron chi connectivity index (χ3n) is 6.98. The second-order valence-electron chi connectivity index (χ2n) is 9.82. The van der Waals surface area contributed by atoms with Gasteiger partial charge in [0.1, 0.15) is 5.75 Å². The molecule has 1 aromatic rings. The van der Waals surface area contributed by atoms with Crippen LogP contribution in [0.25, 0.3) is 0 Å². The summed E-state index contributed by atoms with van der Waals surface area (Å²) in [6.45, 7) is 8.35. The molecule has 2 aliphatic heterocycles. The molecule has 0 bridgehead atoms. The molecule has 2 heterocycles. The average molecular weight is 465 g/mol. The van der Waals surface area contributed by atoms with Crippen molar-refractivity contribution in [2.45, 2.75) is 82.6 Å². The number of amides is 1. The Hall–Kier alpha value is -0.910. The summed E-state index contributed by atoms with van der Waals surface area (Å²) in [6.07, 6.45) is 9.91. The number of carbonyl (C=O) groups excluding carboxylic acids is 1. The van der Waals surface area contributed by atoms with E-state index in [0.717, 1.165) is 43.4 Å². The molecule has 1 saturated carbocycles. The van der Waals surface area contributed by atoms with E-state index in [-0.39, 0.29) is 6.10 Å². The van der Waals surface area contributed by atoms with Crippen LogP contribution < -0.4 is 4.74 Å². The van der Waals surface area contributed by atoms with Crippen molar-refractivity contribution in [1.29, 1.82) is 0 Å². The molecule has 6 heteroatoms. The van der Waals surface area contributed by atoms with E-state index in [2.05, 4.69) is 29.7 Å². The number of nitrogens with zero attached hydrogens (tertiary/aromatic N) is 2. The second kappa shape index (κ2) is 10.8. The molecule has 31 heavy (non-hydrogen) atoms. The van der Waals surface area contributed by atoms with Crippen LogP contribution in [-0.2, 0) is 6.42 Å². The van der Waals surface area contributed by atoms with Crippen LogP contribution in [0, 0.1) is 5.92 Å². The van der Waals surface area contributed by atoms with E-state index in [0.29, 0.717) is 22.4 Å². The van der Waals surface area contributed by atoms with Crippen LogP contribution in [0.15, 0.2) is 18.2 Å². The van der Waals surface area contributed by atoms with Crippen molar-refractivity contribution in [2.24, 2.45) is 5.92 Å². The number of benzene rings is 1. The highest BCUT2D eigenvalue weighted by atomic mass is 35.5. The van der Waals surface area contributed by atoms with E-state index in [4.69, 9.17) is 16.3 Å². The fourth-order valence-corrected chi connectivity index (χ4v) is 6.71. The highest BCUT2D eigenvalue weighted by molar-refractivity contribution is 8.14. The normalized spacial score (nSPS) is 24.3. The molecule has 4 rings (SSSR count). The molecule has 1 atom stereocenters. The van der Waals surface area contributed by atoms with Crippen LogP contribution in [0.1, 0.15) is 64.4 Å². The lowest BCUT2D eigenvalue weighted by Crippen LogP contribution is -2.41. The predicted octanol–water partition coefficient (Wildman–Crippen LogP) is 6.25. The van der Waals surface area contributed by atoms with E-state index < -0.39 is 0 Å². The minimum Gasteiger partial charge on any atom is -0.491 e. The van der Waals surface area contributed by atoms with Gasteiger partial charge in [-0.05, 0) is 88.7 Å². The van der Waals surface area contributed by atoms with Crippen molar-refractivity contribution in [3.63, 3.8) is 0 Å². The van der Waals surface area contributed by atoms with Gasteiger partial charge in [0, 0.05) is 29.4 Å². The molecule has 172 valence electrons. The lowest BCUT2D eigenvalue weighted by molar-refractivity contribution is 0.164. The Morgan fingerprint density at radius 2 is 1.87 bits per heavy atom. The lowest BCUT2D eigenvalue weighted by Gasteiger charge is -2.34. The summed E-state index contributed by atoms with van der Waals surface area (Å²) in [5.41, 5.74) is 1.21. The summed E-state index contributed by atoms with van der Waals surface area (Å²) < 4.78 is 5.85. The van der Waals surface area contributed by atoms with Gasteiger partial charge in [-0.2, -0.15) is 0 Å². The van der Waals surface area contributed by atoms with Gasteiger partial charge in [0.05, 0.1) is 6.10 Å². The van der Waals surface area contributed by atoms with E-state index in [1.165, 1.54) is 50.5 Å². The van der Waals surface area contributed by atoms with Gasteiger partial charge in [0.15, 0.2) is 0 Å². The SMILES string of the molecule is CC(C)Oc1ccc(Cl)c(CC2CCN(CC3CN(C4CCCCC4)C(=O)S3)CC2)c1. The molecule has 1 unspecified atom stereocenters. The maximum absolute atomic E-state index is 12.6. The maximum atomic E-state index is 12.6. The molecule has 1 amide bonds. The minimum absolute atomic E-state index is 0.173. The molecule has 4 nitrogen and oxygen atoms in total. The molecule has 0 radical (unpaired) electrons. The smallest absolute Gasteiger partial charge is 0.282 e. The number of likely N-dealkylation sites (tertiary alicyclic amines) is 1. The van der Waals surface area contributed by atoms with Crippen molar-refractivity contribution in [2.75, 3.05) is 26.2 Å². The van der Waals surface area contributed by atoms with Gasteiger partial charge < -0.3 is 14.5 Å². The van der Waals surface area contributed by atoms with Gasteiger partial charge in [0.2, 0.25) is 0 Å². The molecular formula is C25H37ClN2O2S. The monoisotopic (exact) mass is 464 g/mol. The van der Waals surface area contributed by atoms with Gasteiger partial charge in [0.25, 0.3) is 5.24 Å². The molecule has 0 spiro atoms. The fraction of sp³-hybridized carbons (Fsp3) is 0.720. The predicted molar refractivity (Wildman–Crippen MR) is 130 cm³/mol. The molecule has 1 aliphatic carbocycles. The summed E-state index contributed by atoms with van der Waals surface area (Å²) in [4.78, 5) is 17.3. The number of hydrogen-bond acceptors (Lipinski definition) is 4. The number of carbonyl (C=O) groups is 1. The summed E-state index contributed by atoms with van der Waals surface area (Å²) >= 11 is 8.07. The number of ether oxygens (including phenoxy) is 1. The van der Waals surface area contributed by atoms with E-state index in [1.807, 2.05) is 12.1 Å². The Balaban J connectivity index is 1.24. The van der Waals surface area contributed by atoms with Crippen molar-refractivity contribution < 1.29 is 9.53 Å². The van der Waals surface area contributed by atoms with Crippen LogP contribution in [0.3, 0.4) is 0 Å². The first kappa shape index (κ1) is 23.3. The van der Waals surface area contributed by atoms with Crippen LogP contribution in [0.2, 0.25) is 5.02 Å². The standard InChI is InChI=1S/C25H37ClN2O2S/c1-18(2)30-22-8-9-24(26)20(15-22)14-19-10-12-27(13-11-19)16-23-17-28(25(29)31-23)21-6-4-3-5-7-21/h8-9,15,18-19,21,23H,3-7,10-14,16-17H2,1-2H3. The topological polar surface area (TPSA) is 32.8 Å². The third-order valence-corrected chi connectivity index (χ3v) is 8.42. The zero-order valence-corrected chi connectivity index (χ0v) is 20.6. The van der Waals surface area contributed by atoms with Crippen LogP contribution in [-0.4, -0.2) is 58.6 Å². The maximum Gasteiger partial charge on any atom is 0.282 e.